The van der Waals surface area contributed by atoms with E-state index in [2.05, 4.69) is 10.4 Å². The smallest absolute Gasteiger partial charge is 0.326 e. The Morgan fingerprint density at radius 2 is 1.92 bits per heavy atom. The first-order chi connectivity index (χ1) is 11.1. The molecule has 130 valence electrons. The Morgan fingerprint density at radius 1 is 1.33 bits per heavy atom. The maximum Gasteiger partial charge on any atom is 0.416 e. The molecule has 8 heteroatoms. The monoisotopic (exact) mass is 340 g/mol. The van der Waals surface area contributed by atoms with Gasteiger partial charge in [-0.25, -0.2) is 0 Å². The number of nitrogens with two attached hydrogens (primary N) is 1. The summed E-state index contributed by atoms with van der Waals surface area (Å²) in [5, 5.41) is 6.89. The Hall–Kier alpha value is -2.35. The van der Waals surface area contributed by atoms with Crippen LogP contribution in [0.25, 0.3) is 0 Å². The Labute approximate surface area is 137 Å². The lowest BCUT2D eigenvalue weighted by Crippen LogP contribution is -2.20. The summed E-state index contributed by atoms with van der Waals surface area (Å²) >= 11 is 0. The number of anilines is 1. The van der Waals surface area contributed by atoms with Crippen molar-refractivity contribution in [3.05, 3.63) is 46.6 Å². The van der Waals surface area contributed by atoms with Crippen molar-refractivity contribution in [3.63, 3.8) is 0 Å². The number of hydrogen-bond acceptors (Lipinski definition) is 3. The Bertz CT molecular complexity index is 735. The zero-order chi connectivity index (χ0) is 18.1. The highest BCUT2D eigenvalue weighted by Crippen LogP contribution is 2.30. The first-order valence-electron chi connectivity index (χ1n) is 7.35. The lowest BCUT2D eigenvalue weighted by atomic mass is 9.99. The van der Waals surface area contributed by atoms with Crippen molar-refractivity contribution in [3.8, 4) is 0 Å². The van der Waals surface area contributed by atoms with Gasteiger partial charge < -0.3 is 11.1 Å². The van der Waals surface area contributed by atoms with E-state index >= 15 is 0 Å². The number of carbonyl (C=O) groups is 1. The van der Waals surface area contributed by atoms with Crippen LogP contribution in [0.15, 0.2) is 24.3 Å². The molecule has 0 aliphatic rings. The molecule has 0 saturated heterocycles. The second-order valence-electron chi connectivity index (χ2n) is 5.57. The van der Waals surface area contributed by atoms with Gasteiger partial charge >= 0.3 is 6.18 Å². The zero-order valence-electron chi connectivity index (χ0n) is 13.6. The molecule has 0 aliphatic heterocycles. The third-order valence-corrected chi connectivity index (χ3v) is 4.04. The van der Waals surface area contributed by atoms with Crippen molar-refractivity contribution < 1.29 is 18.0 Å². The van der Waals surface area contributed by atoms with Gasteiger partial charge in [0.25, 0.3) is 0 Å². The van der Waals surface area contributed by atoms with Crippen LogP contribution in [0.1, 0.15) is 35.2 Å². The highest BCUT2D eigenvalue weighted by molar-refractivity contribution is 5.95. The van der Waals surface area contributed by atoms with E-state index in [9.17, 15) is 18.0 Å². The average molecular weight is 340 g/mol. The van der Waals surface area contributed by atoms with Crippen molar-refractivity contribution in [2.24, 2.45) is 12.8 Å². The number of aryl methyl sites for hydroxylation is 1. The average Bonchev–Trinajstić information content (AvgIpc) is 2.79. The number of nitrogens with zero attached hydrogens (tertiary/aromatic N) is 2. The molecule has 0 saturated carbocycles. The summed E-state index contributed by atoms with van der Waals surface area (Å²) in [6, 6.07) is 4.55. The van der Waals surface area contributed by atoms with Crippen LogP contribution >= 0.6 is 0 Å². The minimum Gasteiger partial charge on any atom is -0.326 e. The van der Waals surface area contributed by atoms with Crippen LogP contribution in [0.4, 0.5) is 19.0 Å². The van der Waals surface area contributed by atoms with E-state index in [-0.39, 0.29) is 12.5 Å². The van der Waals surface area contributed by atoms with Gasteiger partial charge in [-0.3, -0.25) is 9.48 Å². The van der Waals surface area contributed by atoms with Crippen LogP contribution < -0.4 is 11.1 Å². The van der Waals surface area contributed by atoms with Crippen LogP contribution in [0.3, 0.4) is 0 Å². The lowest BCUT2D eigenvalue weighted by molar-refractivity contribution is -0.137. The molecule has 2 rings (SSSR count). The fourth-order valence-electron chi connectivity index (χ4n) is 2.33. The highest BCUT2D eigenvalue weighted by Gasteiger charge is 2.30. The number of rotatable bonds is 4. The van der Waals surface area contributed by atoms with Crippen LogP contribution in [0.2, 0.25) is 0 Å². The number of hydrogen-bond donors (Lipinski definition) is 2. The predicted molar refractivity (Wildman–Crippen MR) is 84.3 cm³/mol. The van der Waals surface area contributed by atoms with Gasteiger partial charge in [-0.2, -0.15) is 18.3 Å². The number of nitrogens with one attached hydrogen (secondary N) is 1. The summed E-state index contributed by atoms with van der Waals surface area (Å²) in [7, 11) is 1.74. The van der Waals surface area contributed by atoms with Crippen molar-refractivity contribution in [1.82, 2.24) is 9.78 Å². The molecule has 0 bridgehead atoms. The molecule has 0 spiro atoms. The van der Waals surface area contributed by atoms with Gasteiger partial charge in [0.2, 0.25) is 5.91 Å². The zero-order valence-corrected chi connectivity index (χ0v) is 13.6. The fourth-order valence-corrected chi connectivity index (χ4v) is 2.33. The molecule has 24 heavy (non-hydrogen) atoms. The summed E-state index contributed by atoms with van der Waals surface area (Å²) in [5.41, 5.74) is 6.99. The normalized spacial score (nSPS) is 13.0. The number of alkyl halides is 3. The lowest BCUT2D eigenvalue weighted by Gasteiger charge is -2.13. The van der Waals surface area contributed by atoms with E-state index in [1.807, 2.05) is 6.92 Å². The van der Waals surface area contributed by atoms with Gasteiger partial charge in [0, 0.05) is 24.8 Å². The quantitative estimate of drug-likeness (QED) is 0.899. The number of benzene rings is 1. The largest absolute Gasteiger partial charge is 0.416 e. The van der Waals surface area contributed by atoms with Gasteiger partial charge in [0.05, 0.1) is 11.5 Å². The number of amides is 1. The van der Waals surface area contributed by atoms with Gasteiger partial charge in [-0.15, -0.1) is 0 Å². The predicted octanol–water partition coefficient (Wildman–Crippen LogP) is 2.95. The summed E-state index contributed by atoms with van der Waals surface area (Å²) in [5.74, 6) is -0.607. The molecule has 1 atom stereocenters. The standard InChI is InChI=1S/C16H19F3N4O/c1-9(11-4-6-12(7-5-11)16(17,18)19)15(24)21-14-13(8-20)10(2)23(3)22-14/h4-7,9H,8,20H2,1-3H3,(H,21,22,24). The van der Waals surface area contributed by atoms with E-state index in [1.165, 1.54) is 12.1 Å². The highest BCUT2D eigenvalue weighted by atomic mass is 19.4. The summed E-state index contributed by atoms with van der Waals surface area (Å²) in [6.07, 6.45) is -4.40. The molecule has 1 aromatic carbocycles. The number of halogens is 3. The van der Waals surface area contributed by atoms with Crippen LogP contribution in [0.5, 0.6) is 0 Å². The van der Waals surface area contributed by atoms with Gasteiger partial charge in [0.15, 0.2) is 5.82 Å². The van der Waals surface area contributed by atoms with Crippen molar-refractivity contribution in [1.29, 1.82) is 0 Å². The molecule has 3 N–H and O–H groups in total. The van der Waals surface area contributed by atoms with Crippen LogP contribution in [-0.2, 0) is 24.6 Å². The third kappa shape index (κ3) is 3.59. The number of carbonyl (C=O) groups excluding carboxylic acids is 1. The van der Waals surface area contributed by atoms with Crippen molar-refractivity contribution in [2.75, 3.05) is 5.32 Å². The summed E-state index contributed by atoms with van der Waals surface area (Å²) < 4.78 is 39.4. The molecular formula is C16H19F3N4O. The first kappa shape index (κ1) is 18.0. The molecule has 1 heterocycles. The molecule has 1 unspecified atom stereocenters. The Morgan fingerprint density at radius 3 is 2.42 bits per heavy atom. The third-order valence-electron chi connectivity index (χ3n) is 4.04. The SMILES string of the molecule is Cc1c(CN)c(NC(=O)C(C)c2ccc(C(F)(F)F)cc2)nn1C. The molecule has 1 amide bonds. The molecule has 2 aromatic rings. The molecule has 5 nitrogen and oxygen atoms in total. The Balaban J connectivity index is 2.17. The van der Waals surface area contributed by atoms with Gasteiger partial charge in [0.1, 0.15) is 0 Å². The van der Waals surface area contributed by atoms with Gasteiger partial charge in [-0.1, -0.05) is 12.1 Å². The van der Waals surface area contributed by atoms with E-state index in [0.717, 1.165) is 23.4 Å². The topological polar surface area (TPSA) is 72.9 Å². The summed E-state index contributed by atoms with van der Waals surface area (Å²) in [6.45, 7) is 3.68. The molecule has 0 fully saturated rings. The van der Waals surface area contributed by atoms with Gasteiger partial charge in [-0.05, 0) is 31.5 Å². The second-order valence-corrected chi connectivity index (χ2v) is 5.57. The van der Waals surface area contributed by atoms with E-state index in [1.54, 1.807) is 18.7 Å². The van der Waals surface area contributed by atoms with Crippen LogP contribution in [-0.4, -0.2) is 15.7 Å². The Kier molecular flexibility index (Phi) is 4.98. The van der Waals surface area contributed by atoms with E-state index in [4.69, 9.17) is 5.73 Å². The maximum absolute atomic E-state index is 12.6. The van der Waals surface area contributed by atoms with E-state index in [0.29, 0.717) is 11.4 Å². The van der Waals surface area contributed by atoms with Crippen LogP contribution in [0, 0.1) is 6.92 Å². The molecule has 0 aliphatic carbocycles. The molecule has 0 radical (unpaired) electrons. The second kappa shape index (κ2) is 6.64. The van der Waals surface area contributed by atoms with Crippen molar-refractivity contribution >= 4 is 11.7 Å². The molecule has 1 aromatic heterocycles. The minimum atomic E-state index is -4.40. The minimum absolute atomic E-state index is 0.226. The fraction of sp³-hybridized carbons (Fsp3) is 0.375. The number of aromatic nitrogens is 2. The van der Waals surface area contributed by atoms with E-state index < -0.39 is 17.7 Å². The first-order valence-corrected chi connectivity index (χ1v) is 7.35. The maximum atomic E-state index is 12.6. The summed E-state index contributed by atoms with van der Waals surface area (Å²) in [4.78, 5) is 12.4. The van der Waals surface area contributed by atoms with Crippen molar-refractivity contribution in [2.45, 2.75) is 32.5 Å². The molecular weight excluding hydrogens is 321 g/mol.